The van der Waals surface area contributed by atoms with Gasteiger partial charge in [-0.05, 0) is 19.1 Å². The van der Waals surface area contributed by atoms with Crippen molar-refractivity contribution in [3.63, 3.8) is 0 Å². The van der Waals surface area contributed by atoms with Crippen molar-refractivity contribution in [1.29, 1.82) is 0 Å². The largest absolute Gasteiger partial charge is 0.417 e. The fraction of sp³-hybridized carbons (Fsp3) is 0.231. The van der Waals surface area contributed by atoms with Gasteiger partial charge in [0, 0.05) is 6.54 Å². The Morgan fingerprint density at radius 2 is 1.95 bits per heavy atom. The summed E-state index contributed by atoms with van der Waals surface area (Å²) in [6.07, 6.45) is -0.650. The molecule has 2 aromatic rings. The average Bonchev–Trinajstić information content (AvgIpc) is 2.40. The van der Waals surface area contributed by atoms with E-state index in [-0.39, 0.29) is 23.3 Å². The second kappa shape index (κ2) is 6.66. The molecular weight excluding hydrogens is 339 g/mol. The van der Waals surface area contributed by atoms with E-state index in [1.165, 1.54) is 0 Å². The molecule has 21 heavy (non-hydrogen) atoms. The van der Waals surface area contributed by atoms with Crippen LogP contribution in [0.2, 0.25) is 15.2 Å². The fourth-order valence-corrected chi connectivity index (χ4v) is 2.39. The predicted octanol–water partition coefficient (Wildman–Crippen LogP) is 3.45. The SMILES string of the molecule is CC(O)CNc1nc(Cl)c(-c2c(Cl)cccc2Cl)oc1=O. The summed E-state index contributed by atoms with van der Waals surface area (Å²) in [5, 5.41) is 12.4. The number of rotatable bonds is 4. The van der Waals surface area contributed by atoms with Crippen molar-refractivity contribution < 1.29 is 9.52 Å². The highest BCUT2D eigenvalue weighted by molar-refractivity contribution is 6.40. The summed E-state index contributed by atoms with van der Waals surface area (Å²) in [6.45, 7) is 1.70. The average molecular weight is 350 g/mol. The Labute approximate surface area is 135 Å². The minimum atomic E-state index is -0.731. The van der Waals surface area contributed by atoms with E-state index in [2.05, 4.69) is 10.3 Å². The van der Waals surface area contributed by atoms with Crippen LogP contribution in [0.3, 0.4) is 0 Å². The third-order valence-electron chi connectivity index (χ3n) is 2.54. The minimum absolute atomic E-state index is 0.000126. The van der Waals surface area contributed by atoms with E-state index in [4.69, 9.17) is 39.2 Å². The van der Waals surface area contributed by atoms with Crippen LogP contribution in [0.1, 0.15) is 6.92 Å². The van der Waals surface area contributed by atoms with E-state index in [9.17, 15) is 9.90 Å². The van der Waals surface area contributed by atoms with Crippen molar-refractivity contribution in [2.24, 2.45) is 0 Å². The normalized spacial score (nSPS) is 12.2. The molecule has 0 saturated carbocycles. The Morgan fingerprint density at radius 3 is 2.52 bits per heavy atom. The molecule has 0 aliphatic heterocycles. The molecule has 0 saturated heterocycles. The highest BCUT2D eigenvalue weighted by Gasteiger charge is 2.18. The molecule has 0 radical (unpaired) electrons. The topological polar surface area (TPSA) is 75.4 Å². The highest BCUT2D eigenvalue weighted by atomic mass is 35.5. The molecule has 5 nitrogen and oxygen atoms in total. The lowest BCUT2D eigenvalue weighted by atomic mass is 10.2. The molecular formula is C13H11Cl3N2O3. The van der Waals surface area contributed by atoms with Crippen LogP contribution in [0.5, 0.6) is 0 Å². The molecule has 2 rings (SSSR count). The summed E-state index contributed by atoms with van der Waals surface area (Å²) < 4.78 is 5.16. The second-order valence-corrected chi connectivity index (χ2v) is 5.47. The number of aliphatic hydroxyl groups excluding tert-OH is 1. The molecule has 8 heteroatoms. The van der Waals surface area contributed by atoms with Gasteiger partial charge in [-0.25, -0.2) is 9.78 Å². The molecule has 0 amide bonds. The third-order valence-corrected chi connectivity index (χ3v) is 3.43. The van der Waals surface area contributed by atoms with Gasteiger partial charge in [-0.15, -0.1) is 0 Å². The van der Waals surface area contributed by atoms with Crippen LogP contribution in [-0.4, -0.2) is 22.7 Å². The first-order valence-corrected chi connectivity index (χ1v) is 7.10. The van der Waals surface area contributed by atoms with Gasteiger partial charge in [-0.1, -0.05) is 40.9 Å². The molecule has 0 aliphatic carbocycles. The molecule has 2 N–H and O–H groups in total. The summed E-state index contributed by atoms with van der Waals surface area (Å²) in [5.74, 6) is -0.0901. The predicted molar refractivity (Wildman–Crippen MR) is 83.4 cm³/mol. The number of anilines is 1. The van der Waals surface area contributed by atoms with Crippen LogP contribution in [0.4, 0.5) is 5.82 Å². The number of halogens is 3. The maximum Gasteiger partial charge on any atom is 0.379 e. The van der Waals surface area contributed by atoms with Gasteiger partial charge in [0.15, 0.2) is 10.9 Å². The standard InChI is InChI=1S/C13H11Cl3N2O3/c1-6(19)5-17-12-13(20)21-10(11(16)18-12)9-7(14)3-2-4-8(9)15/h2-4,6,19H,5H2,1H3,(H,17,18). The van der Waals surface area contributed by atoms with Gasteiger partial charge in [0.25, 0.3) is 0 Å². The first-order chi connectivity index (χ1) is 9.90. The van der Waals surface area contributed by atoms with Crippen LogP contribution >= 0.6 is 34.8 Å². The van der Waals surface area contributed by atoms with E-state index in [1.807, 2.05) is 0 Å². The monoisotopic (exact) mass is 348 g/mol. The summed E-state index contributed by atoms with van der Waals surface area (Å²) in [4.78, 5) is 15.8. The van der Waals surface area contributed by atoms with Gasteiger partial charge in [-0.2, -0.15) is 0 Å². The Morgan fingerprint density at radius 1 is 1.33 bits per heavy atom. The summed E-state index contributed by atoms with van der Waals surface area (Å²) in [5.41, 5.74) is -0.427. The Balaban J connectivity index is 2.48. The van der Waals surface area contributed by atoms with E-state index in [0.29, 0.717) is 15.6 Å². The van der Waals surface area contributed by atoms with E-state index in [0.717, 1.165) is 0 Å². The Bertz CT molecular complexity index is 696. The Kier molecular flexibility index (Phi) is 5.11. The lowest BCUT2D eigenvalue weighted by Crippen LogP contribution is -2.21. The number of nitrogens with one attached hydrogen (secondary N) is 1. The second-order valence-electron chi connectivity index (χ2n) is 4.30. The smallest absolute Gasteiger partial charge is 0.379 e. The molecule has 0 spiro atoms. The minimum Gasteiger partial charge on any atom is -0.417 e. The van der Waals surface area contributed by atoms with Gasteiger partial charge in [0.1, 0.15) is 0 Å². The van der Waals surface area contributed by atoms with Crippen LogP contribution in [0.25, 0.3) is 11.3 Å². The zero-order valence-corrected chi connectivity index (χ0v) is 13.1. The lowest BCUT2D eigenvalue weighted by Gasteiger charge is -2.10. The van der Waals surface area contributed by atoms with Crippen LogP contribution in [-0.2, 0) is 0 Å². The molecule has 1 unspecified atom stereocenters. The van der Waals surface area contributed by atoms with E-state index >= 15 is 0 Å². The zero-order valence-electron chi connectivity index (χ0n) is 10.9. The fourth-order valence-electron chi connectivity index (χ4n) is 1.60. The number of aliphatic hydroxyl groups is 1. The van der Waals surface area contributed by atoms with Crippen molar-refractivity contribution in [3.05, 3.63) is 43.8 Å². The number of benzene rings is 1. The summed E-state index contributed by atoms with van der Waals surface area (Å²) >= 11 is 18.1. The molecule has 1 aromatic carbocycles. The first kappa shape index (κ1) is 16.1. The zero-order chi connectivity index (χ0) is 15.6. The molecule has 0 aliphatic rings. The van der Waals surface area contributed by atoms with Crippen molar-refractivity contribution in [2.75, 3.05) is 11.9 Å². The van der Waals surface area contributed by atoms with Crippen LogP contribution in [0.15, 0.2) is 27.4 Å². The van der Waals surface area contributed by atoms with E-state index < -0.39 is 11.7 Å². The summed E-state index contributed by atoms with van der Waals surface area (Å²) in [7, 11) is 0. The molecule has 112 valence electrons. The molecule has 1 heterocycles. The number of nitrogens with zero attached hydrogens (tertiary/aromatic N) is 1. The van der Waals surface area contributed by atoms with Gasteiger partial charge in [0.2, 0.25) is 5.82 Å². The number of aromatic nitrogens is 1. The van der Waals surface area contributed by atoms with Gasteiger partial charge in [-0.3, -0.25) is 0 Å². The van der Waals surface area contributed by atoms with Crippen molar-refractivity contribution in [2.45, 2.75) is 13.0 Å². The van der Waals surface area contributed by atoms with Crippen molar-refractivity contribution in [3.8, 4) is 11.3 Å². The maximum absolute atomic E-state index is 11.9. The number of hydrogen-bond donors (Lipinski definition) is 2. The van der Waals surface area contributed by atoms with Crippen LogP contribution < -0.4 is 10.9 Å². The molecule has 0 bridgehead atoms. The third kappa shape index (κ3) is 3.68. The summed E-state index contributed by atoms with van der Waals surface area (Å²) in [6, 6.07) is 4.85. The molecule has 1 aromatic heterocycles. The Hall–Kier alpha value is -1.27. The quantitative estimate of drug-likeness (QED) is 0.884. The van der Waals surface area contributed by atoms with Gasteiger partial charge >= 0.3 is 5.63 Å². The van der Waals surface area contributed by atoms with Crippen molar-refractivity contribution >= 4 is 40.6 Å². The van der Waals surface area contributed by atoms with Gasteiger partial charge < -0.3 is 14.8 Å². The lowest BCUT2D eigenvalue weighted by molar-refractivity contribution is 0.208. The van der Waals surface area contributed by atoms with Crippen LogP contribution in [0, 0.1) is 0 Å². The van der Waals surface area contributed by atoms with Gasteiger partial charge in [0.05, 0.1) is 21.7 Å². The molecule has 1 atom stereocenters. The highest BCUT2D eigenvalue weighted by Crippen LogP contribution is 2.37. The van der Waals surface area contributed by atoms with E-state index in [1.54, 1.807) is 25.1 Å². The molecule has 0 fully saturated rings. The first-order valence-electron chi connectivity index (χ1n) is 5.97. The number of hydrogen-bond acceptors (Lipinski definition) is 5. The maximum atomic E-state index is 11.9. The van der Waals surface area contributed by atoms with Crippen molar-refractivity contribution in [1.82, 2.24) is 4.98 Å².